The molecule has 0 N–H and O–H groups in total. The fourth-order valence-electron chi connectivity index (χ4n) is 3.20. The van der Waals surface area contributed by atoms with E-state index in [0.29, 0.717) is 6.61 Å². The number of hydrogen-bond donors (Lipinski definition) is 0. The molecule has 1 aliphatic carbocycles. The lowest BCUT2D eigenvalue weighted by Gasteiger charge is -2.19. The largest absolute Gasteiger partial charge is 0.496 e. The van der Waals surface area contributed by atoms with Crippen molar-refractivity contribution in [2.24, 2.45) is 5.16 Å². The van der Waals surface area contributed by atoms with Gasteiger partial charge < -0.3 is 9.57 Å². The van der Waals surface area contributed by atoms with Crippen LogP contribution in [0, 0.1) is 6.92 Å². The molecular formula is C19H19N3O3. The average molecular weight is 337 g/mol. The Balaban J connectivity index is 1.53. The van der Waals surface area contributed by atoms with Gasteiger partial charge in [0.2, 0.25) is 0 Å². The van der Waals surface area contributed by atoms with Crippen LogP contribution < -0.4 is 4.74 Å². The Bertz CT molecular complexity index is 946. The van der Waals surface area contributed by atoms with Crippen LogP contribution in [0.15, 0.2) is 40.1 Å². The number of benzene rings is 2. The number of aromatic nitrogens is 2. The second kappa shape index (κ2) is 6.55. The minimum absolute atomic E-state index is 0.386. The number of oxime groups is 1. The Hall–Kier alpha value is -2.89. The zero-order valence-corrected chi connectivity index (χ0v) is 14.3. The van der Waals surface area contributed by atoms with E-state index in [2.05, 4.69) is 27.6 Å². The van der Waals surface area contributed by atoms with E-state index in [0.717, 1.165) is 52.9 Å². The average Bonchev–Trinajstić information content (AvgIpc) is 3.09. The minimum atomic E-state index is 0.386. The molecule has 0 spiro atoms. The van der Waals surface area contributed by atoms with Crippen LogP contribution in [0.1, 0.15) is 35.1 Å². The Morgan fingerprint density at radius 2 is 2.00 bits per heavy atom. The molecule has 1 heterocycles. The number of rotatable bonds is 4. The number of aryl methyl sites for hydroxylation is 2. The van der Waals surface area contributed by atoms with Gasteiger partial charge in [0.25, 0.3) is 0 Å². The van der Waals surface area contributed by atoms with E-state index >= 15 is 0 Å². The van der Waals surface area contributed by atoms with E-state index < -0.39 is 0 Å². The van der Waals surface area contributed by atoms with Crippen LogP contribution in [0.5, 0.6) is 5.75 Å². The lowest BCUT2D eigenvalue weighted by atomic mass is 9.88. The van der Waals surface area contributed by atoms with Gasteiger partial charge in [0, 0.05) is 5.56 Å². The maximum Gasteiger partial charge on any atom is 0.142 e. The van der Waals surface area contributed by atoms with Crippen LogP contribution in [-0.4, -0.2) is 23.1 Å². The molecule has 0 bridgehead atoms. The summed E-state index contributed by atoms with van der Waals surface area (Å²) < 4.78 is 10.1. The molecule has 1 aromatic heterocycles. The smallest absolute Gasteiger partial charge is 0.142 e. The van der Waals surface area contributed by atoms with Gasteiger partial charge in [-0.15, -0.1) is 0 Å². The molecule has 0 unspecified atom stereocenters. The third-order valence-corrected chi connectivity index (χ3v) is 4.52. The second-order valence-electron chi connectivity index (χ2n) is 6.23. The Labute approximate surface area is 145 Å². The summed E-state index contributed by atoms with van der Waals surface area (Å²) in [5, 5.41) is 12.0. The van der Waals surface area contributed by atoms with Crippen molar-refractivity contribution in [3.8, 4) is 5.75 Å². The quantitative estimate of drug-likeness (QED) is 0.677. The molecule has 0 radical (unpaired) electrons. The Morgan fingerprint density at radius 3 is 2.88 bits per heavy atom. The summed E-state index contributed by atoms with van der Waals surface area (Å²) in [4.78, 5) is 5.62. The number of nitrogens with zero attached hydrogens (tertiary/aromatic N) is 3. The SMILES string of the molecule is COc1cc2c(cc1C)/C(=N/OCc1ccc3nonc3c1)CCC2. The van der Waals surface area contributed by atoms with Crippen LogP contribution in [0.2, 0.25) is 0 Å². The van der Waals surface area contributed by atoms with Crippen LogP contribution in [0.25, 0.3) is 11.0 Å². The summed E-state index contributed by atoms with van der Waals surface area (Å²) in [5.41, 5.74) is 6.98. The van der Waals surface area contributed by atoms with Gasteiger partial charge in [-0.3, -0.25) is 0 Å². The summed E-state index contributed by atoms with van der Waals surface area (Å²) in [7, 11) is 1.71. The molecule has 0 aliphatic heterocycles. The molecule has 6 nitrogen and oxygen atoms in total. The molecule has 0 saturated heterocycles. The molecule has 1 aliphatic rings. The summed E-state index contributed by atoms with van der Waals surface area (Å²) in [6.07, 6.45) is 3.03. The highest BCUT2D eigenvalue weighted by Gasteiger charge is 2.18. The van der Waals surface area contributed by atoms with Crippen molar-refractivity contribution in [2.45, 2.75) is 32.8 Å². The molecule has 0 atom stereocenters. The predicted octanol–water partition coefficient (Wildman–Crippen LogP) is 3.80. The van der Waals surface area contributed by atoms with Crippen molar-refractivity contribution < 1.29 is 14.2 Å². The lowest BCUT2D eigenvalue weighted by Crippen LogP contribution is -2.13. The monoisotopic (exact) mass is 337 g/mol. The topological polar surface area (TPSA) is 69.7 Å². The lowest BCUT2D eigenvalue weighted by molar-refractivity contribution is 0.130. The molecule has 4 rings (SSSR count). The molecule has 2 aromatic carbocycles. The molecule has 0 amide bonds. The van der Waals surface area contributed by atoms with Crippen molar-refractivity contribution in [1.82, 2.24) is 10.3 Å². The number of hydrogen-bond acceptors (Lipinski definition) is 6. The van der Waals surface area contributed by atoms with Crippen molar-refractivity contribution in [3.63, 3.8) is 0 Å². The van der Waals surface area contributed by atoms with E-state index in [4.69, 9.17) is 14.2 Å². The van der Waals surface area contributed by atoms with Crippen LogP contribution in [-0.2, 0) is 17.9 Å². The molecule has 3 aromatic rings. The van der Waals surface area contributed by atoms with Gasteiger partial charge >= 0.3 is 0 Å². The first-order valence-electron chi connectivity index (χ1n) is 8.32. The first kappa shape index (κ1) is 15.6. The molecule has 6 heteroatoms. The van der Waals surface area contributed by atoms with Crippen molar-refractivity contribution in [3.05, 3.63) is 52.6 Å². The normalized spacial score (nSPS) is 15.4. The fourth-order valence-corrected chi connectivity index (χ4v) is 3.20. The Morgan fingerprint density at radius 1 is 1.12 bits per heavy atom. The van der Waals surface area contributed by atoms with Crippen LogP contribution in [0.4, 0.5) is 0 Å². The third-order valence-electron chi connectivity index (χ3n) is 4.52. The third kappa shape index (κ3) is 3.07. The number of ether oxygens (including phenoxy) is 1. The first-order valence-corrected chi connectivity index (χ1v) is 8.32. The highest BCUT2D eigenvalue weighted by atomic mass is 16.6. The molecular weight excluding hydrogens is 318 g/mol. The number of methoxy groups -OCH3 is 1. The van der Waals surface area contributed by atoms with Gasteiger partial charge in [-0.05, 0) is 77.5 Å². The highest BCUT2D eigenvalue weighted by Crippen LogP contribution is 2.29. The van der Waals surface area contributed by atoms with E-state index in [9.17, 15) is 0 Å². The fraction of sp³-hybridized carbons (Fsp3) is 0.316. The minimum Gasteiger partial charge on any atom is -0.496 e. The van der Waals surface area contributed by atoms with Gasteiger partial charge in [-0.2, -0.15) is 0 Å². The maximum absolute atomic E-state index is 5.62. The predicted molar refractivity (Wildman–Crippen MR) is 93.8 cm³/mol. The molecule has 128 valence electrons. The highest BCUT2D eigenvalue weighted by molar-refractivity contribution is 6.02. The van der Waals surface area contributed by atoms with E-state index in [1.807, 2.05) is 25.1 Å². The van der Waals surface area contributed by atoms with Crippen molar-refractivity contribution in [1.29, 1.82) is 0 Å². The molecule has 0 fully saturated rings. The standard InChI is InChI=1S/C19H19N3O3/c1-12-8-15-14(10-19(12)23-2)4-3-5-16(15)20-24-11-13-6-7-17-18(9-13)22-25-21-17/h6-10H,3-5,11H2,1-2H3/b20-16+. The van der Waals surface area contributed by atoms with Crippen molar-refractivity contribution >= 4 is 16.7 Å². The number of fused-ring (bicyclic) bond motifs is 2. The van der Waals surface area contributed by atoms with Gasteiger partial charge in [-0.25, -0.2) is 4.63 Å². The van der Waals surface area contributed by atoms with E-state index in [-0.39, 0.29) is 0 Å². The zero-order valence-electron chi connectivity index (χ0n) is 14.3. The molecule has 25 heavy (non-hydrogen) atoms. The van der Waals surface area contributed by atoms with Gasteiger partial charge in [-0.1, -0.05) is 11.2 Å². The van der Waals surface area contributed by atoms with Gasteiger partial charge in [0.05, 0.1) is 12.8 Å². The van der Waals surface area contributed by atoms with Crippen LogP contribution >= 0.6 is 0 Å². The van der Waals surface area contributed by atoms with Crippen LogP contribution in [0.3, 0.4) is 0 Å². The first-order chi connectivity index (χ1) is 12.2. The summed E-state index contributed by atoms with van der Waals surface area (Å²) in [6, 6.07) is 9.96. The summed E-state index contributed by atoms with van der Waals surface area (Å²) >= 11 is 0. The van der Waals surface area contributed by atoms with Gasteiger partial charge in [0.15, 0.2) is 0 Å². The second-order valence-corrected chi connectivity index (χ2v) is 6.23. The summed E-state index contributed by atoms with van der Waals surface area (Å²) in [5.74, 6) is 0.926. The van der Waals surface area contributed by atoms with E-state index in [1.165, 1.54) is 11.1 Å². The van der Waals surface area contributed by atoms with Gasteiger partial charge in [0.1, 0.15) is 23.4 Å². The Kier molecular flexibility index (Phi) is 4.09. The summed E-state index contributed by atoms with van der Waals surface area (Å²) in [6.45, 7) is 2.43. The van der Waals surface area contributed by atoms with Crippen molar-refractivity contribution in [2.75, 3.05) is 7.11 Å². The maximum atomic E-state index is 5.62. The molecule has 0 saturated carbocycles. The zero-order chi connectivity index (χ0) is 17.2. The van der Waals surface area contributed by atoms with E-state index in [1.54, 1.807) is 7.11 Å².